The number of nitrogens with zero attached hydrogens (tertiary/aromatic N) is 6. The molecule has 286 valence electrons. The number of aromatic nitrogens is 6. The van der Waals surface area contributed by atoms with E-state index in [0.717, 1.165) is 64.2 Å². The molecule has 2 N–H and O–H groups in total. The van der Waals surface area contributed by atoms with Crippen LogP contribution in [0.1, 0.15) is 62.0 Å². The minimum Gasteiger partial charge on any atom is -0.339 e. The summed E-state index contributed by atoms with van der Waals surface area (Å²) in [6.45, 7) is 8.38. The van der Waals surface area contributed by atoms with E-state index in [-0.39, 0.29) is 23.5 Å². The van der Waals surface area contributed by atoms with Gasteiger partial charge in [0, 0.05) is 42.1 Å². The van der Waals surface area contributed by atoms with Gasteiger partial charge in [-0.1, -0.05) is 63.1 Å². The molecule has 0 fully saturated rings. The molecule has 0 radical (unpaired) electrons. The fraction of sp³-hybridized carbons (Fsp3) is 0.130. The second-order valence-electron chi connectivity index (χ2n) is 14.0. The van der Waals surface area contributed by atoms with Gasteiger partial charge in [0.1, 0.15) is 35.9 Å². The molecule has 8 aromatic rings. The zero-order valence-corrected chi connectivity index (χ0v) is 33.6. The Hall–Kier alpha value is -6.42. The number of pyridine rings is 2. The van der Waals surface area contributed by atoms with Crippen LogP contribution in [0.2, 0.25) is 0 Å². The van der Waals surface area contributed by atoms with Crippen molar-refractivity contribution >= 4 is 68.6 Å². The molecule has 0 bridgehead atoms. The van der Waals surface area contributed by atoms with Crippen LogP contribution < -0.4 is 10.6 Å². The van der Waals surface area contributed by atoms with Crippen LogP contribution in [0.3, 0.4) is 0 Å². The van der Waals surface area contributed by atoms with Crippen molar-refractivity contribution < 1.29 is 8.78 Å². The topological polar surface area (TPSA) is 101 Å². The van der Waals surface area contributed by atoms with E-state index in [9.17, 15) is 8.78 Å². The Morgan fingerprint density at radius 2 is 0.914 bits per heavy atom. The lowest BCUT2D eigenvalue weighted by atomic mass is 10.1. The predicted octanol–water partition coefficient (Wildman–Crippen LogP) is 12.1. The third kappa shape index (κ3) is 8.91. The van der Waals surface area contributed by atoms with Gasteiger partial charge in [-0.15, -0.1) is 0 Å². The first kappa shape index (κ1) is 38.5. The highest BCUT2D eigenvalue weighted by atomic mass is 32.2. The molecule has 0 aliphatic rings. The molecule has 0 spiro atoms. The van der Waals surface area contributed by atoms with Crippen LogP contribution in [-0.4, -0.2) is 29.9 Å². The average molecular weight is 803 g/mol. The molecule has 0 aliphatic heterocycles. The number of anilines is 4. The van der Waals surface area contributed by atoms with Gasteiger partial charge in [-0.3, -0.25) is 0 Å². The van der Waals surface area contributed by atoms with Crippen molar-refractivity contribution in [3.63, 3.8) is 0 Å². The first-order valence-corrected chi connectivity index (χ1v) is 20.2. The molecule has 0 saturated heterocycles. The Morgan fingerprint density at radius 1 is 0.500 bits per heavy atom. The first-order chi connectivity index (χ1) is 28.1. The van der Waals surface area contributed by atoms with E-state index in [4.69, 9.17) is 9.97 Å². The standard InChI is InChI=1S/C46H36F2N8S2/c1-27(2)37-19-17-35-43(53-37)49-25-51-45(35)55-39-23-29(7-21-41(39)57-33-13-9-31(47)10-14-33)5-6-30-8-22-42(58-34-15-11-32(48)12-16-34)40(24-30)56-46-36-18-20-38(28(3)4)54-44(36)50-26-52-46/h7-28H,1-4H3,(H,49,51,53,55)(H,50,52,54,56). The summed E-state index contributed by atoms with van der Waals surface area (Å²) in [7, 11) is 0. The van der Waals surface area contributed by atoms with Crippen molar-refractivity contribution in [2.75, 3.05) is 10.6 Å². The third-order valence-corrected chi connectivity index (χ3v) is 11.3. The zero-order chi connectivity index (χ0) is 40.2. The fourth-order valence-corrected chi connectivity index (χ4v) is 7.77. The first-order valence-electron chi connectivity index (χ1n) is 18.6. The van der Waals surface area contributed by atoms with Crippen LogP contribution in [-0.2, 0) is 0 Å². The molecule has 4 aromatic heterocycles. The number of halogens is 2. The maximum absolute atomic E-state index is 13.8. The summed E-state index contributed by atoms with van der Waals surface area (Å²) < 4.78 is 27.6. The highest BCUT2D eigenvalue weighted by molar-refractivity contribution is 7.99. The molecule has 4 heterocycles. The SMILES string of the molecule is CC(C)c1ccc2c(Nc3cc(C#Cc4ccc(Sc5ccc(F)cc5)c(Nc5ncnc6nc(C(C)C)ccc56)c4)ccc3Sc3ccc(F)cc3)ncnc2n1. The lowest BCUT2D eigenvalue weighted by Crippen LogP contribution is -2.01. The fourth-order valence-electron chi connectivity index (χ4n) is 6.00. The van der Waals surface area contributed by atoms with Gasteiger partial charge in [-0.2, -0.15) is 0 Å². The number of hydrogen-bond acceptors (Lipinski definition) is 10. The summed E-state index contributed by atoms with van der Waals surface area (Å²) in [5.41, 5.74) is 6.17. The maximum atomic E-state index is 13.8. The minimum atomic E-state index is -0.294. The Kier molecular flexibility index (Phi) is 11.3. The highest BCUT2D eigenvalue weighted by Crippen LogP contribution is 2.38. The van der Waals surface area contributed by atoms with E-state index in [0.29, 0.717) is 22.9 Å². The molecule has 8 rings (SSSR count). The molecule has 0 aliphatic carbocycles. The second-order valence-corrected chi connectivity index (χ2v) is 16.2. The molecular formula is C46H36F2N8S2. The highest BCUT2D eigenvalue weighted by Gasteiger charge is 2.14. The quantitative estimate of drug-likeness (QED) is 0.130. The van der Waals surface area contributed by atoms with Crippen LogP contribution in [0.4, 0.5) is 31.8 Å². The summed E-state index contributed by atoms with van der Waals surface area (Å²) in [6, 6.07) is 32.6. The smallest absolute Gasteiger partial charge is 0.164 e. The molecule has 0 saturated carbocycles. The maximum Gasteiger partial charge on any atom is 0.164 e. The van der Waals surface area contributed by atoms with Gasteiger partial charge in [-0.25, -0.2) is 38.7 Å². The van der Waals surface area contributed by atoms with Gasteiger partial charge in [0.05, 0.1) is 22.1 Å². The van der Waals surface area contributed by atoms with Crippen LogP contribution in [0.25, 0.3) is 22.1 Å². The van der Waals surface area contributed by atoms with Gasteiger partial charge >= 0.3 is 0 Å². The van der Waals surface area contributed by atoms with Crippen molar-refractivity contribution in [2.24, 2.45) is 0 Å². The van der Waals surface area contributed by atoms with E-state index in [1.165, 1.54) is 60.4 Å². The van der Waals surface area contributed by atoms with E-state index in [1.54, 1.807) is 24.3 Å². The van der Waals surface area contributed by atoms with Crippen LogP contribution >= 0.6 is 23.5 Å². The van der Waals surface area contributed by atoms with Crippen LogP contribution in [0.15, 0.2) is 141 Å². The average Bonchev–Trinajstić information content (AvgIpc) is 3.23. The number of rotatable bonds is 10. The summed E-state index contributed by atoms with van der Waals surface area (Å²) in [4.78, 5) is 31.1. The number of hydrogen-bond donors (Lipinski definition) is 2. The number of nitrogens with one attached hydrogen (secondary N) is 2. The summed E-state index contributed by atoms with van der Waals surface area (Å²) in [6.07, 6.45) is 3.01. The van der Waals surface area contributed by atoms with Crippen molar-refractivity contribution in [3.8, 4) is 11.8 Å². The van der Waals surface area contributed by atoms with E-state index < -0.39 is 0 Å². The van der Waals surface area contributed by atoms with Crippen molar-refractivity contribution in [1.82, 2.24) is 29.9 Å². The zero-order valence-electron chi connectivity index (χ0n) is 32.0. The van der Waals surface area contributed by atoms with E-state index in [2.05, 4.69) is 70.1 Å². The lowest BCUT2D eigenvalue weighted by molar-refractivity contribution is 0.626. The monoisotopic (exact) mass is 802 g/mol. The van der Waals surface area contributed by atoms with Gasteiger partial charge < -0.3 is 10.6 Å². The van der Waals surface area contributed by atoms with Crippen LogP contribution in [0.5, 0.6) is 0 Å². The summed E-state index contributed by atoms with van der Waals surface area (Å²) in [5, 5.41) is 8.61. The Morgan fingerprint density at radius 3 is 1.31 bits per heavy atom. The Bertz CT molecular complexity index is 2650. The molecule has 12 heteroatoms. The Labute approximate surface area is 343 Å². The molecule has 0 unspecified atom stereocenters. The molecule has 4 aromatic carbocycles. The van der Waals surface area contributed by atoms with E-state index in [1.807, 2.05) is 60.7 Å². The van der Waals surface area contributed by atoms with Crippen molar-refractivity contribution in [2.45, 2.75) is 59.1 Å². The normalized spacial score (nSPS) is 11.2. The van der Waals surface area contributed by atoms with Crippen molar-refractivity contribution in [1.29, 1.82) is 0 Å². The predicted molar refractivity (Wildman–Crippen MR) is 229 cm³/mol. The minimum absolute atomic E-state index is 0.254. The van der Waals surface area contributed by atoms with Gasteiger partial charge in [0.25, 0.3) is 0 Å². The largest absolute Gasteiger partial charge is 0.339 e. The molecular weight excluding hydrogens is 767 g/mol. The molecule has 0 amide bonds. The number of benzene rings is 4. The molecule has 58 heavy (non-hydrogen) atoms. The summed E-state index contributed by atoms with van der Waals surface area (Å²) in [5.74, 6) is 7.83. The van der Waals surface area contributed by atoms with Gasteiger partial charge in [0.15, 0.2) is 11.3 Å². The van der Waals surface area contributed by atoms with Crippen LogP contribution in [0, 0.1) is 23.5 Å². The van der Waals surface area contributed by atoms with Gasteiger partial charge in [0.2, 0.25) is 0 Å². The van der Waals surface area contributed by atoms with E-state index >= 15 is 0 Å². The second kappa shape index (κ2) is 17.0. The Balaban J connectivity index is 1.15. The molecule has 0 atom stereocenters. The summed E-state index contributed by atoms with van der Waals surface area (Å²) >= 11 is 3.01. The molecule has 8 nitrogen and oxygen atoms in total. The van der Waals surface area contributed by atoms with Gasteiger partial charge in [-0.05, 0) is 121 Å². The third-order valence-electron chi connectivity index (χ3n) is 9.12. The van der Waals surface area contributed by atoms with Crippen molar-refractivity contribution in [3.05, 3.63) is 156 Å². The lowest BCUT2D eigenvalue weighted by Gasteiger charge is -2.14. The number of fused-ring (bicyclic) bond motifs is 2.